The van der Waals surface area contributed by atoms with Crippen molar-refractivity contribution >= 4 is 17.9 Å². The van der Waals surface area contributed by atoms with Gasteiger partial charge in [-0.2, -0.15) is 4.80 Å². The van der Waals surface area contributed by atoms with E-state index in [0.717, 1.165) is 5.06 Å². The first-order valence-corrected chi connectivity index (χ1v) is 8.59. The van der Waals surface area contributed by atoms with Crippen LogP contribution in [0.15, 0.2) is 24.3 Å². The number of carbonyl (C=O) groups excluding carboxylic acids is 3. The zero-order chi connectivity index (χ0) is 20.3. The van der Waals surface area contributed by atoms with Crippen LogP contribution in [0.4, 0.5) is 4.79 Å². The molecule has 0 saturated carbocycles. The van der Waals surface area contributed by atoms with Gasteiger partial charge in [0.1, 0.15) is 5.60 Å². The lowest BCUT2D eigenvalue weighted by Gasteiger charge is -2.19. The Morgan fingerprint density at radius 2 is 1.79 bits per heavy atom. The van der Waals surface area contributed by atoms with E-state index in [-0.39, 0.29) is 25.5 Å². The normalized spacial score (nSPS) is 13.6. The predicted octanol–water partition coefficient (Wildman–Crippen LogP) is 0.926. The Balaban J connectivity index is 1.46. The highest BCUT2D eigenvalue weighted by atomic mass is 16.7. The molecule has 3 rings (SSSR count). The van der Waals surface area contributed by atoms with Crippen molar-refractivity contribution in [2.75, 3.05) is 6.61 Å². The molecule has 0 fully saturated rings. The van der Waals surface area contributed by atoms with Crippen LogP contribution >= 0.6 is 0 Å². The van der Waals surface area contributed by atoms with Gasteiger partial charge < -0.3 is 10.1 Å². The zero-order valence-corrected chi connectivity index (χ0v) is 15.7. The number of aromatic nitrogens is 4. The van der Waals surface area contributed by atoms with Gasteiger partial charge in [-0.3, -0.25) is 14.4 Å². The van der Waals surface area contributed by atoms with Gasteiger partial charge in [-0.1, -0.05) is 12.1 Å². The molecule has 1 N–H and O–H groups in total. The summed E-state index contributed by atoms with van der Waals surface area (Å²) in [6.07, 6.45) is -0.585. The van der Waals surface area contributed by atoms with E-state index in [1.54, 1.807) is 45.0 Å². The predicted molar refractivity (Wildman–Crippen MR) is 93.8 cm³/mol. The number of imide groups is 1. The lowest BCUT2D eigenvalue weighted by Crippen LogP contribution is -2.32. The highest BCUT2D eigenvalue weighted by Gasteiger charge is 2.36. The third-order valence-corrected chi connectivity index (χ3v) is 3.55. The molecule has 0 unspecified atom stereocenters. The number of ether oxygens (including phenoxy) is 1. The summed E-state index contributed by atoms with van der Waals surface area (Å²) in [7, 11) is 0. The van der Waals surface area contributed by atoms with E-state index in [9.17, 15) is 14.4 Å². The fourth-order valence-corrected chi connectivity index (χ4v) is 2.41. The second-order valence-corrected chi connectivity index (χ2v) is 6.94. The molecule has 0 radical (unpaired) electrons. The number of fused-ring (bicyclic) bond motifs is 1. The van der Waals surface area contributed by atoms with E-state index in [1.165, 1.54) is 4.80 Å². The molecule has 2 aromatic rings. The van der Waals surface area contributed by atoms with Crippen molar-refractivity contribution in [3.63, 3.8) is 0 Å². The van der Waals surface area contributed by atoms with Gasteiger partial charge in [0.2, 0.25) is 0 Å². The summed E-state index contributed by atoms with van der Waals surface area (Å²) in [6, 6.07) is 6.50. The second-order valence-electron chi connectivity index (χ2n) is 6.94. The minimum Gasteiger partial charge on any atom is -0.444 e. The lowest BCUT2D eigenvalue weighted by atomic mass is 10.1. The first-order chi connectivity index (χ1) is 13.2. The van der Waals surface area contributed by atoms with E-state index in [2.05, 4.69) is 20.7 Å². The smallest absolute Gasteiger partial charge is 0.408 e. The third-order valence-electron chi connectivity index (χ3n) is 3.55. The molecule has 1 aliphatic rings. The van der Waals surface area contributed by atoms with Crippen molar-refractivity contribution in [2.24, 2.45) is 0 Å². The molecule has 0 atom stereocenters. The van der Waals surface area contributed by atoms with Gasteiger partial charge in [-0.15, -0.1) is 15.3 Å². The third kappa shape index (κ3) is 4.49. The molecule has 1 aromatic carbocycles. The van der Waals surface area contributed by atoms with Crippen LogP contribution in [0.5, 0.6) is 0 Å². The highest BCUT2D eigenvalue weighted by molar-refractivity contribution is 6.20. The van der Waals surface area contributed by atoms with Crippen LogP contribution in [0.2, 0.25) is 0 Å². The number of amides is 3. The van der Waals surface area contributed by atoms with Gasteiger partial charge in [0, 0.05) is 0 Å². The molecule has 11 heteroatoms. The molecule has 0 saturated heterocycles. The Labute approximate surface area is 160 Å². The van der Waals surface area contributed by atoms with Crippen molar-refractivity contribution in [1.82, 2.24) is 30.6 Å². The summed E-state index contributed by atoms with van der Waals surface area (Å²) in [4.78, 5) is 42.5. The fourth-order valence-electron chi connectivity index (χ4n) is 2.41. The van der Waals surface area contributed by atoms with E-state index in [1.807, 2.05) is 0 Å². The van der Waals surface area contributed by atoms with Gasteiger partial charge in [-0.05, 0) is 38.1 Å². The Morgan fingerprint density at radius 3 is 2.39 bits per heavy atom. The van der Waals surface area contributed by atoms with E-state index in [4.69, 9.17) is 9.57 Å². The first kappa shape index (κ1) is 19.4. The van der Waals surface area contributed by atoms with Crippen LogP contribution in [0.3, 0.4) is 0 Å². The molecular weight excluding hydrogens is 368 g/mol. The minimum atomic E-state index is -0.601. The molecule has 11 nitrogen and oxygen atoms in total. The van der Waals surface area contributed by atoms with Crippen LogP contribution in [-0.4, -0.2) is 55.4 Å². The number of tetrazole rings is 1. The number of hydrogen-bond acceptors (Lipinski definition) is 8. The summed E-state index contributed by atoms with van der Waals surface area (Å²) in [6.45, 7) is 5.47. The van der Waals surface area contributed by atoms with Gasteiger partial charge in [0.05, 0.1) is 30.8 Å². The van der Waals surface area contributed by atoms with E-state index < -0.39 is 23.5 Å². The fraction of sp³-hybridized carbons (Fsp3) is 0.412. The molecule has 0 spiro atoms. The van der Waals surface area contributed by atoms with Gasteiger partial charge in [0.25, 0.3) is 11.8 Å². The summed E-state index contributed by atoms with van der Waals surface area (Å²) in [5.74, 6) is -0.726. The van der Waals surface area contributed by atoms with Gasteiger partial charge in [0.15, 0.2) is 5.82 Å². The van der Waals surface area contributed by atoms with Gasteiger partial charge >= 0.3 is 6.09 Å². The van der Waals surface area contributed by atoms with Crippen molar-refractivity contribution in [2.45, 2.75) is 39.5 Å². The Kier molecular flexibility index (Phi) is 5.36. The number of carbonyl (C=O) groups is 3. The van der Waals surface area contributed by atoms with Gasteiger partial charge in [-0.25, -0.2) is 4.79 Å². The topological polar surface area (TPSA) is 129 Å². The minimum absolute atomic E-state index is 0.0131. The maximum atomic E-state index is 12.2. The number of alkyl carbamates (subject to hydrolysis) is 1. The first-order valence-electron chi connectivity index (χ1n) is 8.59. The van der Waals surface area contributed by atoms with Crippen molar-refractivity contribution in [3.05, 3.63) is 41.2 Å². The molecule has 148 valence electrons. The highest BCUT2D eigenvalue weighted by Crippen LogP contribution is 2.22. The number of nitrogens with zero attached hydrogens (tertiary/aromatic N) is 5. The van der Waals surface area contributed by atoms with E-state index >= 15 is 0 Å². The Bertz CT molecular complexity index is 868. The zero-order valence-electron chi connectivity index (χ0n) is 15.7. The largest absolute Gasteiger partial charge is 0.444 e. The van der Waals surface area contributed by atoms with Crippen molar-refractivity contribution in [3.8, 4) is 0 Å². The quantitative estimate of drug-likeness (QED) is 0.724. The molecule has 2 heterocycles. The standard InChI is InChI=1S/C17H20N6O5/c1-17(2,3)28-16(26)18-10-13-19-21-22(20-13)8-9-27-23-14(24)11-6-4-5-7-12(11)15(23)25/h4-7H,8-10H2,1-3H3,(H,18,26). The number of hydrogen-bond donors (Lipinski definition) is 1. The molecule has 0 bridgehead atoms. The van der Waals surface area contributed by atoms with Crippen LogP contribution < -0.4 is 5.32 Å². The summed E-state index contributed by atoms with van der Waals surface area (Å²) < 4.78 is 5.11. The Hall–Kier alpha value is -3.34. The van der Waals surface area contributed by atoms with Crippen molar-refractivity contribution < 1.29 is 24.0 Å². The van der Waals surface area contributed by atoms with Crippen LogP contribution in [-0.2, 0) is 22.7 Å². The average molecular weight is 388 g/mol. The second kappa shape index (κ2) is 7.72. The summed E-state index contributed by atoms with van der Waals surface area (Å²) in [5.41, 5.74) is 0.0140. The molecule has 3 amide bonds. The van der Waals surface area contributed by atoms with Crippen LogP contribution in [0.1, 0.15) is 47.3 Å². The molecule has 0 aliphatic carbocycles. The summed E-state index contributed by atoms with van der Waals surface area (Å²) in [5, 5.41) is 15.0. The molecule has 1 aliphatic heterocycles. The average Bonchev–Trinajstić information content (AvgIpc) is 3.17. The summed E-state index contributed by atoms with van der Waals surface area (Å²) >= 11 is 0. The molecular formula is C17H20N6O5. The number of nitrogens with one attached hydrogen (secondary N) is 1. The number of benzene rings is 1. The van der Waals surface area contributed by atoms with Crippen molar-refractivity contribution in [1.29, 1.82) is 0 Å². The van der Waals surface area contributed by atoms with Crippen LogP contribution in [0.25, 0.3) is 0 Å². The maximum absolute atomic E-state index is 12.2. The lowest BCUT2D eigenvalue weighted by molar-refractivity contribution is -0.0948. The SMILES string of the molecule is CC(C)(C)OC(=O)NCc1nnn(CCON2C(=O)c3ccccc3C2=O)n1. The number of hydroxylamine groups is 2. The Morgan fingerprint density at radius 1 is 1.14 bits per heavy atom. The van der Waals surface area contributed by atoms with E-state index in [0.29, 0.717) is 11.1 Å². The monoisotopic (exact) mass is 388 g/mol. The molecule has 1 aromatic heterocycles. The number of rotatable bonds is 6. The molecule has 28 heavy (non-hydrogen) atoms. The van der Waals surface area contributed by atoms with Crippen LogP contribution in [0, 0.1) is 0 Å². The maximum Gasteiger partial charge on any atom is 0.408 e.